The van der Waals surface area contributed by atoms with Gasteiger partial charge in [-0.25, -0.2) is 13.2 Å². The topological polar surface area (TPSA) is 113 Å². The number of hydrogen-bond donors (Lipinski definition) is 3. The monoisotopic (exact) mass is 360 g/mol. The highest BCUT2D eigenvalue weighted by Crippen LogP contribution is 2.18. The first kappa shape index (κ1) is 18.2. The van der Waals surface area contributed by atoms with E-state index in [1.807, 2.05) is 6.92 Å². The van der Waals surface area contributed by atoms with Gasteiger partial charge in [0, 0.05) is 23.5 Å². The van der Waals surface area contributed by atoms with E-state index in [1.54, 1.807) is 12.1 Å². The number of rotatable bonds is 6. The van der Waals surface area contributed by atoms with Gasteiger partial charge in [-0.3, -0.25) is 9.52 Å². The second kappa shape index (κ2) is 7.63. The molecule has 0 spiro atoms. The summed E-state index contributed by atoms with van der Waals surface area (Å²) < 4.78 is 27.0. The van der Waals surface area contributed by atoms with Crippen LogP contribution in [0.4, 0.5) is 11.4 Å². The van der Waals surface area contributed by atoms with E-state index in [1.165, 1.54) is 36.4 Å². The molecule has 0 aliphatic rings. The van der Waals surface area contributed by atoms with Gasteiger partial charge in [-0.2, -0.15) is 0 Å². The van der Waals surface area contributed by atoms with Crippen molar-refractivity contribution in [3.63, 3.8) is 0 Å². The van der Waals surface area contributed by atoms with Crippen LogP contribution in [-0.4, -0.2) is 25.4 Å². The molecule has 2 rings (SSSR count). The molecule has 0 heterocycles. The number of nitrogens with one attached hydrogen (secondary N) is 2. The minimum Gasteiger partial charge on any atom is -0.478 e. The molecular weight excluding hydrogens is 344 g/mol. The van der Waals surface area contributed by atoms with Crippen molar-refractivity contribution in [2.24, 2.45) is 0 Å². The van der Waals surface area contributed by atoms with Gasteiger partial charge < -0.3 is 10.4 Å². The maximum atomic E-state index is 12.3. The molecule has 8 heteroatoms. The van der Waals surface area contributed by atoms with E-state index in [9.17, 15) is 18.0 Å². The minimum atomic E-state index is -3.70. The highest BCUT2D eigenvalue weighted by molar-refractivity contribution is 7.92. The summed E-state index contributed by atoms with van der Waals surface area (Å²) in [7, 11) is -3.70. The highest BCUT2D eigenvalue weighted by atomic mass is 32.2. The van der Waals surface area contributed by atoms with Crippen LogP contribution in [0.5, 0.6) is 0 Å². The van der Waals surface area contributed by atoms with Crippen molar-refractivity contribution in [3.05, 3.63) is 66.2 Å². The number of carboxylic acid groups (broad SMARTS) is 1. The fourth-order valence-electron chi connectivity index (χ4n) is 1.88. The molecule has 130 valence electrons. The number of benzene rings is 2. The third-order valence-corrected chi connectivity index (χ3v) is 4.51. The van der Waals surface area contributed by atoms with Crippen LogP contribution >= 0.6 is 0 Å². The molecule has 1 amide bonds. The van der Waals surface area contributed by atoms with Crippen LogP contribution in [0.25, 0.3) is 0 Å². The summed E-state index contributed by atoms with van der Waals surface area (Å²) >= 11 is 0. The predicted octanol–water partition coefficient (Wildman–Crippen LogP) is 2.38. The number of carboxylic acids is 1. The van der Waals surface area contributed by atoms with E-state index in [-0.39, 0.29) is 4.90 Å². The molecule has 3 N–H and O–H groups in total. The van der Waals surface area contributed by atoms with Crippen molar-refractivity contribution >= 4 is 33.3 Å². The lowest BCUT2D eigenvalue weighted by molar-refractivity contribution is -0.131. The van der Waals surface area contributed by atoms with Crippen LogP contribution in [0.2, 0.25) is 0 Å². The van der Waals surface area contributed by atoms with Gasteiger partial charge in [0.25, 0.3) is 10.0 Å². The molecule has 0 atom stereocenters. The zero-order valence-electron chi connectivity index (χ0n) is 13.3. The average molecular weight is 360 g/mol. The third-order valence-electron chi connectivity index (χ3n) is 3.11. The average Bonchev–Trinajstić information content (AvgIpc) is 2.55. The molecule has 2 aromatic rings. The largest absolute Gasteiger partial charge is 0.478 e. The number of amides is 1. The predicted molar refractivity (Wildman–Crippen MR) is 93.8 cm³/mol. The van der Waals surface area contributed by atoms with Crippen molar-refractivity contribution in [3.8, 4) is 0 Å². The van der Waals surface area contributed by atoms with Gasteiger partial charge in [0.05, 0.1) is 4.90 Å². The van der Waals surface area contributed by atoms with Crippen LogP contribution in [0.15, 0.2) is 65.6 Å². The van der Waals surface area contributed by atoms with Gasteiger partial charge in [-0.15, -0.1) is 0 Å². The van der Waals surface area contributed by atoms with Crippen LogP contribution in [-0.2, 0) is 19.6 Å². The van der Waals surface area contributed by atoms with Gasteiger partial charge in [0.1, 0.15) is 0 Å². The molecular formula is C17H16N2O5S. The minimum absolute atomic E-state index is 0.147. The Morgan fingerprint density at radius 1 is 0.920 bits per heavy atom. The number of hydrogen-bond acceptors (Lipinski definition) is 4. The lowest BCUT2D eigenvalue weighted by Gasteiger charge is -2.09. The molecule has 0 bridgehead atoms. The molecule has 0 unspecified atom stereocenters. The van der Waals surface area contributed by atoms with E-state index < -0.39 is 21.9 Å². The van der Waals surface area contributed by atoms with Crippen molar-refractivity contribution < 1.29 is 23.1 Å². The summed E-state index contributed by atoms with van der Waals surface area (Å²) in [5.41, 5.74) is 1.69. The number of aliphatic carboxylic acids is 1. The van der Waals surface area contributed by atoms with Gasteiger partial charge in [-0.1, -0.05) is 17.7 Å². The molecule has 0 fully saturated rings. The first-order valence-corrected chi connectivity index (χ1v) is 8.66. The van der Waals surface area contributed by atoms with Crippen LogP contribution in [0.3, 0.4) is 0 Å². The van der Waals surface area contributed by atoms with Crippen molar-refractivity contribution in [2.75, 3.05) is 10.0 Å². The van der Waals surface area contributed by atoms with Crippen LogP contribution < -0.4 is 10.0 Å². The van der Waals surface area contributed by atoms with E-state index >= 15 is 0 Å². The Hall–Kier alpha value is -3.13. The Balaban J connectivity index is 2.06. The fraction of sp³-hybridized carbons (Fsp3) is 0.0588. The molecule has 0 saturated heterocycles. The van der Waals surface area contributed by atoms with Crippen molar-refractivity contribution in [1.29, 1.82) is 0 Å². The highest BCUT2D eigenvalue weighted by Gasteiger charge is 2.13. The Labute approximate surface area is 145 Å². The van der Waals surface area contributed by atoms with E-state index in [4.69, 9.17) is 5.11 Å². The normalized spacial score (nSPS) is 11.2. The molecule has 7 nitrogen and oxygen atoms in total. The second-order valence-electron chi connectivity index (χ2n) is 5.16. The Morgan fingerprint density at radius 3 is 2.04 bits per heavy atom. The SMILES string of the molecule is Cc1ccc(S(=O)(=O)Nc2ccc(NC(=O)C=CC(=O)O)cc2)cc1. The smallest absolute Gasteiger partial charge is 0.328 e. The zero-order valence-corrected chi connectivity index (χ0v) is 14.1. The van der Waals surface area contributed by atoms with Crippen molar-refractivity contribution in [1.82, 2.24) is 0 Å². The number of sulfonamides is 1. The zero-order chi connectivity index (χ0) is 18.4. The fourth-order valence-corrected chi connectivity index (χ4v) is 2.94. The maximum Gasteiger partial charge on any atom is 0.328 e. The van der Waals surface area contributed by atoms with Gasteiger partial charge in [0.15, 0.2) is 0 Å². The summed E-state index contributed by atoms with van der Waals surface area (Å²) in [5, 5.41) is 10.9. The van der Waals surface area contributed by atoms with Crippen LogP contribution in [0, 0.1) is 6.92 Å². The lowest BCUT2D eigenvalue weighted by atomic mass is 10.2. The quantitative estimate of drug-likeness (QED) is 0.685. The van der Waals surface area contributed by atoms with Crippen LogP contribution in [0.1, 0.15) is 5.56 Å². The van der Waals surface area contributed by atoms with Crippen molar-refractivity contribution in [2.45, 2.75) is 11.8 Å². The first-order chi connectivity index (χ1) is 11.8. The molecule has 0 aromatic heterocycles. The molecule has 0 radical (unpaired) electrons. The van der Waals surface area contributed by atoms with E-state index in [0.717, 1.165) is 17.7 Å². The van der Waals surface area contributed by atoms with Gasteiger partial charge >= 0.3 is 5.97 Å². The number of carbonyl (C=O) groups is 2. The molecule has 0 aliphatic carbocycles. The Kier molecular flexibility index (Phi) is 5.56. The summed E-state index contributed by atoms with van der Waals surface area (Å²) in [6.07, 6.45) is 1.61. The standard InChI is InChI=1S/C17H16N2O5S/c1-12-2-8-15(9-3-12)25(23,24)19-14-6-4-13(5-7-14)18-16(20)10-11-17(21)22/h2-11,19H,1H3,(H,18,20)(H,21,22). The molecule has 25 heavy (non-hydrogen) atoms. The number of aryl methyl sites for hydroxylation is 1. The summed E-state index contributed by atoms with van der Waals surface area (Å²) in [5.74, 6) is -1.83. The molecule has 0 saturated carbocycles. The summed E-state index contributed by atoms with van der Waals surface area (Å²) in [6.45, 7) is 1.86. The molecule has 0 aliphatic heterocycles. The summed E-state index contributed by atoms with van der Waals surface area (Å²) in [6, 6.07) is 12.4. The Morgan fingerprint density at radius 2 is 1.48 bits per heavy atom. The maximum absolute atomic E-state index is 12.3. The third kappa shape index (κ3) is 5.47. The first-order valence-electron chi connectivity index (χ1n) is 7.18. The number of carbonyl (C=O) groups excluding carboxylic acids is 1. The summed E-state index contributed by atoms with van der Waals surface area (Å²) in [4.78, 5) is 22.0. The number of anilines is 2. The lowest BCUT2D eigenvalue weighted by Crippen LogP contribution is -2.13. The molecule has 2 aromatic carbocycles. The second-order valence-corrected chi connectivity index (χ2v) is 6.84. The van der Waals surface area contributed by atoms with E-state index in [0.29, 0.717) is 11.4 Å². The van der Waals surface area contributed by atoms with Gasteiger partial charge in [0.2, 0.25) is 5.91 Å². The Bertz CT molecular complexity index is 901. The van der Waals surface area contributed by atoms with Gasteiger partial charge in [-0.05, 0) is 43.3 Å². The van der Waals surface area contributed by atoms with E-state index in [2.05, 4.69) is 10.0 Å².